The first-order valence-electron chi connectivity index (χ1n) is 3.96. The van der Waals surface area contributed by atoms with Crippen LogP contribution in [0.4, 0.5) is 0 Å². The predicted molar refractivity (Wildman–Crippen MR) is 61.7 cm³/mol. The van der Waals surface area contributed by atoms with Gasteiger partial charge in [0.2, 0.25) is 0 Å². The third-order valence-corrected chi connectivity index (χ3v) is 3.32. The average Bonchev–Trinajstić information content (AvgIpc) is 2.12. The first-order valence-corrected chi connectivity index (χ1v) is 5.87. The van der Waals surface area contributed by atoms with Gasteiger partial charge in [-0.05, 0) is 17.7 Å². The van der Waals surface area contributed by atoms with Gasteiger partial charge in [0, 0.05) is 18.1 Å². The molecule has 0 fully saturated rings. The lowest BCUT2D eigenvalue weighted by Crippen LogP contribution is -2.01. The fraction of sp³-hybridized carbons (Fsp3) is 0.333. The van der Waals surface area contributed by atoms with Gasteiger partial charge in [-0.2, -0.15) is 11.8 Å². The van der Waals surface area contributed by atoms with Crippen molar-refractivity contribution in [1.29, 1.82) is 0 Å². The van der Waals surface area contributed by atoms with Crippen LogP contribution in [-0.2, 0) is 5.75 Å². The Bertz CT molecular complexity index is 278. The summed E-state index contributed by atoms with van der Waals surface area (Å²) in [5.74, 6) is 1.91. The lowest BCUT2D eigenvalue weighted by Gasteiger charge is -2.02. The van der Waals surface area contributed by atoms with Gasteiger partial charge in [0.25, 0.3) is 0 Å². The van der Waals surface area contributed by atoms with E-state index in [2.05, 4.69) is 0 Å². The number of halogens is 2. The zero-order valence-corrected chi connectivity index (χ0v) is 9.42. The quantitative estimate of drug-likeness (QED) is 0.812. The smallest absolute Gasteiger partial charge is 0.0595 e. The Balaban J connectivity index is 2.53. The van der Waals surface area contributed by atoms with E-state index in [0.717, 1.165) is 11.5 Å². The van der Waals surface area contributed by atoms with E-state index < -0.39 is 0 Å². The molecule has 1 rings (SSSR count). The van der Waals surface area contributed by atoms with Crippen LogP contribution in [0.1, 0.15) is 5.56 Å². The Morgan fingerprint density at radius 2 is 2.00 bits per heavy atom. The van der Waals surface area contributed by atoms with Gasteiger partial charge in [-0.15, -0.1) is 0 Å². The highest BCUT2D eigenvalue weighted by molar-refractivity contribution is 7.98. The molecule has 0 atom stereocenters. The summed E-state index contributed by atoms with van der Waals surface area (Å²) in [5, 5.41) is 1.22. The second-order valence-corrected chi connectivity index (χ2v) is 4.51. The number of hydrogen-bond donors (Lipinski definition) is 1. The summed E-state index contributed by atoms with van der Waals surface area (Å²) in [6.07, 6.45) is 0. The van der Waals surface area contributed by atoms with Crippen molar-refractivity contribution in [2.75, 3.05) is 12.3 Å². The topological polar surface area (TPSA) is 26.0 Å². The Kier molecular flexibility index (Phi) is 4.96. The Morgan fingerprint density at radius 3 is 2.62 bits per heavy atom. The van der Waals surface area contributed by atoms with Crippen molar-refractivity contribution in [2.45, 2.75) is 5.75 Å². The first-order chi connectivity index (χ1) is 6.24. The molecular weight excluding hydrogens is 225 g/mol. The van der Waals surface area contributed by atoms with Crippen LogP contribution in [0.15, 0.2) is 18.2 Å². The van der Waals surface area contributed by atoms with Crippen molar-refractivity contribution >= 4 is 35.0 Å². The van der Waals surface area contributed by atoms with Crippen LogP contribution in [0.25, 0.3) is 0 Å². The van der Waals surface area contributed by atoms with Crippen molar-refractivity contribution in [3.8, 4) is 0 Å². The van der Waals surface area contributed by atoms with Gasteiger partial charge in [0.1, 0.15) is 0 Å². The van der Waals surface area contributed by atoms with Crippen LogP contribution in [0.2, 0.25) is 10.0 Å². The zero-order chi connectivity index (χ0) is 9.68. The van der Waals surface area contributed by atoms with Gasteiger partial charge in [-0.25, -0.2) is 0 Å². The van der Waals surface area contributed by atoms with Crippen LogP contribution in [0.3, 0.4) is 0 Å². The van der Waals surface area contributed by atoms with E-state index in [1.165, 1.54) is 5.56 Å². The zero-order valence-electron chi connectivity index (χ0n) is 7.09. The standard InChI is InChI=1S/C9H11Cl2NS/c10-8-2-1-7(5-9(8)11)6-13-4-3-12/h1-2,5H,3-4,6,12H2. The third kappa shape index (κ3) is 3.77. The van der Waals surface area contributed by atoms with Crippen molar-refractivity contribution in [1.82, 2.24) is 0 Å². The molecule has 1 nitrogen and oxygen atoms in total. The Morgan fingerprint density at radius 1 is 1.23 bits per heavy atom. The Labute approximate surface area is 92.6 Å². The molecule has 0 aliphatic rings. The fourth-order valence-corrected chi connectivity index (χ4v) is 1.95. The second-order valence-electron chi connectivity index (χ2n) is 2.59. The summed E-state index contributed by atoms with van der Waals surface area (Å²) in [4.78, 5) is 0. The minimum atomic E-state index is 0.606. The van der Waals surface area contributed by atoms with E-state index in [-0.39, 0.29) is 0 Å². The number of rotatable bonds is 4. The summed E-state index contributed by atoms with van der Waals surface area (Å²) in [6.45, 7) is 0.714. The van der Waals surface area contributed by atoms with Gasteiger partial charge in [-0.3, -0.25) is 0 Å². The van der Waals surface area contributed by atoms with Crippen molar-refractivity contribution in [3.63, 3.8) is 0 Å². The van der Waals surface area contributed by atoms with Crippen LogP contribution >= 0.6 is 35.0 Å². The molecule has 0 spiro atoms. The van der Waals surface area contributed by atoms with E-state index in [0.29, 0.717) is 16.6 Å². The molecule has 0 saturated carbocycles. The van der Waals surface area contributed by atoms with E-state index >= 15 is 0 Å². The molecule has 0 unspecified atom stereocenters. The van der Waals surface area contributed by atoms with Gasteiger partial charge in [-0.1, -0.05) is 29.3 Å². The number of thioether (sulfide) groups is 1. The number of hydrogen-bond acceptors (Lipinski definition) is 2. The summed E-state index contributed by atoms with van der Waals surface area (Å²) in [6, 6.07) is 5.70. The second kappa shape index (κ2) is 5.76. The van der Waals surface area contributed by atoms with Crippen molar-refractivity contribution < 1.29 is 0 Å². The van der Waals surface area contributed by atoms with Crippen LogP contribution in [0, 0.1) is 0 Å². The monoisotopic (exact) mass is 235 g/mol. The molecule has 13 heavy (non-hydrogen) atoms. The summed E-state index contributed by atoms with van der Waals surface area (Å²) in [5.41, 5.74) is 6.57. The molecule has 0 heterocycles. The minimum absolute atomic E-state index is 0.606. The maximum atomic E-state index is 5.86. The van der Waals surface area contributed by atoms with Gasteiger partial charge in [0.05, 0.1) is 10.0 Å². The largest absolute Gasteiger partial charge is 0.330 e. The maximum Gasteiger partial charge on any atom is 0.0595 e. The SMILES string of the molecule is NCCSCc1ccc(Cl)c(Cl)c1. The fourth-order valence-electron chi connectivity index (χ4n) is 0.903. The molecule has 0 bridgehead atoms. The predicted octanol–water partition coefficient (Wildman–Crippen LogP) is 3.19. The molecule has 4 heteroatoms. The molecule has 0 radical (unpaired) electrons. The Hall–Kier alpha value is 0.110. The third-order valence-electron chi connectivity index (χ3n) is 1.51. The number of benzene rings is 1. The molecule has 0 aliphatic carbocycles. The van der Waals surface area contributed by atoms with Crippen molar-refractivity contribution in [2.24, 2.45) is 5.73 Å². The number of nitrogens with two attached hydrogens (primary N) is 1. The highest BCUT2D eigenvalue weighted by Crippen LogP contribution is 2.24. The molecule has 72 valence electrons. The first kappa shape index (κ1) is 11.2. The summed E-state index contributed by atoms with van der Waals surface area (Å²) in [7, 11) is 0. The van der Waals surface area contributed by atoms with Crippen LogP contribution in [0.5, 0.6) is 0 Å². The maximum absolute atomic E-state index is 5.86. The highest BCUT2D eigenvalue weighted by atomic mass is 35.5. The molecule has 0 aromatic heterocycles. The molecule has 0 amide bonds. The molecule has 1 aromatic carbocycles. The van der Waals surface area contributed by atoms with Gasteiger partial charge in [0.15, 0.2) is 0 Å². The van der Waals surface area contributed by atoms with Gasteiger partial charge < -0.3 is 5.73 Å². The lowest BCUT2D eigenvalue weighted by molar-refractivity contribution is 1.15. The molecular formula is C9H11Cl2NS. The average molecular weight is 236 g/mol. The lowest BCUT2D eigenvalue weighted by atomic mass is 10.2. The van der Waals surface area contributed by atoms with Crippen molar-refractivity contribution in [3.05, 3.63) is 33.8 Å². The minimum Gasteiger partial charge on any atom is -0.330 e. The summed E-state index contributed by atoms with van der Waals surface area (Å²) < 4.78 is 0. The van der Waals surface area contributed by atoms with E-state index in [9.17, 15) is 0 Å². The van der Waals surface area contributed by atoms with Gasteiger partial charge >= 0.3 is 0 Å². The normalized spacial score (nSPS) is 10.4. The molecule has 2 N–H and O–H groups in total. The van der Waals surface area contributed by atoms with E-state index in [1.54, 1.807) is 11.8 Å². The molecule has 1 aromatic rings. The molecule has 0 saturated heterocycles. The van der Waals surface area contributed by atoms with E-state index in [4.69, 9.17) is 28.9 Å². The van der Waals surface area contributed by atoms with E-state index in [1.807, 2.05) is 18.2 Å². The van der Waals surface area contributed by atoms with Crippen LogP contribution in [-0.4, -0.2) is 12.3 Å². The summed E-state index contributed by atoms with van der Waals surface area (Å²) >= 11 is 13.4. The highest BCUT2D eigenvalue weighted by Gasteiger charge is 1.98. The van der Waals surface area contributed by atoms with Crippen LogP contribution < -0.4 is 5.73 Å². The molecule has 0 aliphatic heterocycles.